The van der Waals surface area contributed by atoms with Crippen molar-refractivity contribution in [1.82, 2.24) is 19.6 Å². The average Bonchev–Trinajstić information content (AvgIpc) is 2.92. The van der Waals surface area contributed by atoms with Gasteiger partial charge in [0, 0.05) is 12.8 Å². The van der Waals surface area contributed by atoms with Crippen LogP contribution in [0, 0.1) is 5.82 Å². The van der Waals surface area contributed by atoms with Crippen molar-refractivity contribution < 1.29 is 14.2 Å². The Morgan fingerprint density at radius 2 is 2.03 bits per heavy atom. The predicted octanol–water partition coefficient (Wildman–Crippen LogP) is 3.62. The Kier molecular flexibility index (Phi) is 6.36. The Balaban J connectivity index is 0.000000290. The maximum atomic E-state index is 14.2. The maximum absolute atomic E-state index is 14.2. The first-order chi connectivity index (χ1) is 13.7. The molecule has 0 saturated carbocycles. The summed E-state index contributed by atoms with van der Waals surface area (Å²) in [7, 11) is 0. The normalized spacial score (nSPS) is 17.1. The van der Waals surface area contributed by atoms with E-state index in [-0.39, 0.29) is 28.0 Å². The second kappa shape index (κ2) is 8.61. The zero-order valence-corrected chi connectivity index (χ0v) is 17.4. The first kappa shape index (κ1) is 21.4. The highest BCUT2D eigenvalue weighted by atomic mass is 35.5. The topological polar surface area (TPSA) is 98.6 Å². The van der Waals surface area contributed by atoms with E-state index in [0.717, 1.165) is 25.0 Å². The summed E-state index contributed by atoms with van der Waals surface area (Å²) in [5, 5.41) is 12.8. The highest BCUT2D eigenvalue weighted by molar-refractivity contribution is 6.33. The summed E-state index contributed by atoms with van der Waals surface area (Å²) in [6.45, 7) is 7.65. The summed E-state index contributed by atoms with van der Waals surface area (Å²) in [6.07, 6.45) is 4.80. The number of aromatic nitrogens is 4. The molecule has 4 rings (SSSR count). The van der Waals surface area contributed by atoms with Crippen LogP contribution in [-0.4, -0.2) is 44.0 Å². The standard InChI is InChI=1S/C15H15ClFN5.C5H10O2/c1-15(2,3)8-4-5-9(19-6-8)13-11(16)12(17)10-7-20-14(18)21-22(10)13;6-5-2-1-3-7-4-5/h4-7H,1-3H3,(H2,18,21);5-6H,1-4H2. The van der Waals surface area contributed by atoms with Crippen LogP contribution in [0.2, 0.25) is 5.02 Å². The van der Waals surface area contributed by atoms with Crippen LogP contribution in [0.25, 0.3) is 16.9 Å². The molecular weight excluding hydrogens is 397 g/mol. The number of pyridine rings is 1. The summed E-state index contributed by atoms with van der Waals surface area (Å²) in [4.78, 5) is 8.19. The predicted molar refractivity (Wildman–Crippen MR) is 110 cm³/mol. The minimum atomic E-state index is -0.585. The Morgan fingerprint density at radius 3 is 2.55 bits per heavy atom. The SMILES string of the molecule is CC(C)(C)c1ccc(-c2c(Cl)c(F)c3cnc(N)nn23)nc1.OC1CCCOC1. The van der Waals surface area contributed by atoms with Gasteiger partial charge in [0.05, 0.1) is 24.6 Å². The minimum absolute atomic E-state index is 0.0194. The molecule has 7 nitrogen and oxygen atoms in total. The molecule has 1 atom stereocenters. The van der Waals surface area contributed by atoms with Gasteiger partial charge in [0.15, 0.2) is 5.82 Å². The number of hydrogen-bond donors (Lipinski definition) is 2. The maximum Gasteiger partial charge on any atom is 0.238 e. The lowest BCUT2D eigenvalue weighted by Crippen LogP contribution is -2.21. The van der Waals surface area contributed by atoms with Crippen molar-refractivity contribution in [3.05, 3.63) is 40.9 Å². The fourth-order valence-corrected chi connectivity index (χ4v) is 3.19. The van der Waals surface area contributed by atoms with Crippen LogP contribution in [-0.2, 0) is 10.2 Å². The van der Waals surface area contributed by atoms with Crippen LogP contribution in [0.4, 0.5) is 10.3 Å². The molecule has 29 heavy (non-hydrogen) atoms. The van der Waals surface area contributed by atoms with E-state index < -0.39 is 5.82 Å². The van der Waals surface area contributed by atoms with Crippen LogP contribution < -0.4 is 5.73 Å². The smallest absolute Gasteiger partial charge is 0.238 e. The van der Waals surface area contributed by atoms with E-state index in [0.29, 0.717) is 18.0 Å². The second-order valence-corrected chi connectivity index (χ2v) is 8.32. The lowest BCUT2D eigenvalue weighted by atomic mass is 9.88. The third kappa shape index (κ3) is 4.83. The molecule has 3 aromatic rings. The summed E-state index contributed by atoms with van der Waals surface area (Å²) in [6, 6.07) is 3.74. The monoisotopic (exact) mass is 421 g/mol. The lowest BCUT2D eigenvalue weighted by Gasteiger charge is -2.18. The molecule has 9 heteroatoms. The van der Waals surface area contributed by atoms with Gasteiger partial charge < -0.3 is 15.6 Å². The molecular formula is C20H25ClFN5O2. The van der Waals surface area contributed by atoms with Crippen LogP contribution in [0.1, 0.15) is 39.2 Å². The molecule has 0 bridgehead atoms. The number of aliphatic hydroxyl groups excluding tert-OH is 1. The number of nitrogen functional groups attached to an aromatic ring is 1. The van der Waals surface area contributed by atoms with Crippen molar-refractivity contribution in [1.29, 1.82) is 0 Å². The average molecular weight is 422 g/mol. The van der Waals surface area contributed by atoms with Gasteiger partial charge >= 0.3 is 0 Å². The van der Waals surface area contributed by atoms with E-state index in [1.807, 2.05) is 6.07 Å². The number of anilines is 1. The largest absolute Gasteiger partial charge is 0.391 e. The third-order valence-electron chi connectivity index (χ3n) is 4.60. The van der Waals surface area contributed by atoms with Gasteiger partial charge in [-0.3, -0.25) is 4.98 Å². The molecule has 0 aromatic carbocycles. The van der Waals surface area contributed by atoms with E-state index in [9.17, 15) is 4.39 Å². The molecule has 0 spiro atoms. The van der Waals surface area contributed by atoms with Gasteiger partial charge in [0.2, 0.25) is 5.95 Å². The summed E-state index contributed by atoms with van der Waals surface area (Å²) >= 11 is 6.11. The van der Waals surface area contributed by atoms with Crippen LogP contribution >= 0.6 is 11.6 Å². The molecule has 1 fully saturated rings. The molecule has 4 heterocycles. The molecule has 3 aromatic heterocycles. The van der Waals surface area contributed by atoms with Crippen molar-refractivity contribution in [3.63, 3.8) is 0 Å². The molecule has 0 aliphatic carbocycles. The summed E-state index contributed by atoms with van der Waals surface area (Å²) in [5.74, 6) is -0.551. The quantitative estimate of drug-likeness (QED) is 0.622. The first-order valence-electron chi connectivity index (χ1n) is 9.39. The van der Waals surface area contributed by atoms with E-state index in [4.69, 9.17) is 27.2 Å². The summed E-state index contributed by atoms with van der Waals surface area (Å²) in [5.41, 5.74) is 7.69. The van der Waals surface area contributed by atoms with E-state index in [1.165, 1.54) is 10.7 Å². The van der Waals surface area contributed by atoms with Crippen molar-refractivity contribution in [2.45, 2.75) is 45.1 Å². The number of rotatable bonds is 1. The molecule has 0 radical (unpaired) electrons. The number of aliphatic hydroxyl groups is 1. The van der Waals surface area contributed by atoms with Gasteiger partial charge in [-0.2, -0.15) is 0 Å². The number of halogens is 2. The van der Waals surface area contributed by atoms with Crippen molar-refractivity contribution in [2.75, 3.05) is 18.9 Å². The van der Waals surface area contributed by atoms with Gasteiger partial charge in [-0.15, -0.1) is 5.10 Å². The van der Waals surface area contributed by atoms with Crippen LogP contribution in [0.3, 0.4) is 0 Å². The molecule has 1 aliphatic heterocycles. The van der Waals surface area contributed by atoms with Gasteiger partial charge in [-0.25, -0.2) is 13.9 Å². The van der Waals surface area contributed by atoms with Crippen LogP contribution in [0.15, 0.2) is 24.5 Å². The van der Waals surface area contributed by atoms with E-state index >= 15 is 0 Å². The molecule has 1 saturated heterocycles. The fraction of sp³-hybridized carbons (Fsp3) is 0.450. The highest BCUT2D eigenvalue weighted by Crippen LogP contribution is 2.33. The molecule has 3 N–H and O–H groups in total. The third-order valence-corrected chi connectivity index (χ3v) is 4.94. The fourth-order valence-electron chi connectivity index (χ4n) is 2.92. The lowest BCUT2D eigenvalue weighted by molar-refractivity contribution is -0.00535. The summed E-state index contributed by atoms with van der Waals surface area (Å²) < 4.78 is 20.5. The Hall–Kier alpha value is -2.29. The van der Waals surface area contributed by atoms with Gasteiger partial charge in [0.1, 0.15) is 16.2 Å². The zero-order chi connectivity index (χ0) is 21.2. The Labute approximate surface area is 173 Å². The number of nitrogens with zero attached hydrogens (tertiary/aromatic N) is 4. The first-order valence-corrected chi connectivity index (χ1v) is 9.77. The zero-order valence-electron chi connectivity index (χ0n) is 16.7. The van der Waals surface area contributed by atoms with E-state index in [2.05, 4.69) is 35.8 Å². The van der Waals surface area contributed by atoms with Crippen LogP contribution in [0.5, 0.6) is 0 Å². The highest BCUT2D eigenvalue weighted by Gasteiger charge is 2.22. The number of fused-ring (bicyclic) bond motifs is 1. The van der Waals surface area contributed by atoms with Gasteiger partial charge in [-0.05, 0) is 29.9 Å². The van der Waals surface area contributed by atoms with Gasteiger partial charge in [-0.1, -0.05) is 38.4 Å². The van der Waals surface area contributed by atoms with Gasteiger partial charge in [0.25, 0.3) is 0 Å². The van der Waals surface area contributed by atoms with E-state index in [1.54, 1.807) is 12.3 Å². The molecule has 1 unspecified atom stereocenters. The van der Waals surface area contributed by atoms with Crippen molar-refractivity contribution >= 4 is 23.1 Å². The number of nitrogens with two attached hydrogens (primary N) is 1. The molecule has 0 amide bonds. The second-order valence-electron chi connectivity index (χ2n) is 7.94. The van der Waals surface area contributed by atoms with Crippen molar-refractivity contribution in [2.24, 2.45) is 0 Å². The van der Waals surface area contributed by atoms with Crippen molar-refractivity contribution in [3.8, 4) is 11.4 Å². The minimum Gasteiger partial charge on any atom is -0.391 e. The number of ether oxygens (including phenoxy) is 1. The Bertz CT molecular complexity index is 979. The molecule has 1 aliphatic rings. The Morgan fingerprint density at radius 1 is 1.28 bits per heavy atom. The number of hydrogen-bond acceptors (Lipinski definition) is 6. The molecule has 156 valence electrons.